The summed E-state index contributed by atoms with van der Waals surface area (Å²) in [6.07, 6.45) is 1.67. The monoisotopic (exact) mass is 281 g/mol. The van der Waals surface area contributed by atoms with Crippen LogP contribution in [0.5, 0.6) is 0 Å². The van der Waals surface area contributed by atoms with Crippen molar-refractivity contribution in [3.8, 4) is 0 Å². The van der Waals surface area contributed by atoms with Gasteiger partial charge in [-0.15, -0.1) is 0 Å². The molecule has 1 aromatic carbocycles. The molecule has 0 unspecified atom stereocenters. The SMILES string of the molecule is CCCCOC(=O)[C@@H]1CC(c2ccc(Cl)cc2)=NO1. The Labute approximate surface area is 117 Å². The van der Waals surface area contributed by atoms with Crippen LogP contribution in [0.2, 0.25) is 5.02 Å². The standard InChI is InChI=1S/C14H16ClNO3/c1-2-3-8-18-14(17)13-9-12(16-19-13)10-4-6-11(15)7-5-10/h4-7,13H,2-3,8-9H2,1H3/t13-/m0/s1. The Morgan fingerprint density at radius 1 is 1.47 bits per heavy atom. The van der Waals surface area contributed by atoms with Crippen LogP contribution in [0.25, 0.3) is 0 Å². The summed E-state index contributed by atoms with van der Waals surface area (Å²) < 4.78 is 5.11. The van der Waals surface area contributed by atoms with Crippen LogP contribution in [0.3, 0.4) is 0 Å². The summed E-state index contributed by atoms with van der Waals surface area (Å²) in [5, 5.41) is 4.60. The minimum atomic E-state index is -0.623. The summed E-state index contributed by atoms with van der Waals surface area (Å²) in [6, 6.07) is 7.28. The zero-order valence-electron chi connectivity index (χ0n) is 10.8. The highest BCUT2D eigenvalue weighted by molar-refractivity contribution is 6.30. The van der Waals surface area contributed by atoms with Crippen molar-refractivity contribution in [1.29, 1.82) is 0 Å². The van der Waals surface area contributed by atoms with E-state index < -0.39 is 6.10 Å². The smallest absolute Gasteiger partial charge is 0.350 e. The number of unbranched alkanes of at least 4 members (excludes halogenated alkanes) is 1. The summed E-state index contributed by atoms with van der Waals surface area (Å²) in [6.45, 7) is 2.48. The number of ether oxygens (including phenoxy) is 1. The van der Waals surface area contributed by atoms with E-state index in [-0.39, 0.29) is 5.97 Å². The Hall–Kier alpha value is -1.55. The first-order chi connectivity index (χ1) is 9.20. The maximum atomic E-state index is 11.7. The van der Waals surface area contributed by atoms with Gasteiger partial charge in [-0.3, -0.25) is 0 Å². The van der Waals surface area contributed by atoms with Crippen molar-refractivity contribution >= 4 is 23.3 Å². The average Bonchev–Trinajstić information content (AvgIpc) is 2.89. The molecule has 0 aromatic heterocycles. The van der Waals surface area contributed by atoms with Crippen molar-refractivity contribution < 1.29 is 14.4 Å². The molecule has 0 saturated heterocycles. The maximum absolute atomic E-state index is 11.7. The fraction of sp³-hybridized carbons (Fsp3) is 0.429. The second-order valence-electron chi connectivity index (χ2n) is 4.36. The second-order valence-corrected chi connectivity index (χ2v) is 4.80. The highest BCUT2D eigenvalue weighted by Crippen LogP contribution is 2.19. The molecule has 102 valence electrons. The molecule has 2 rings (SSSR count). The Balaban J connectivity index is 1.88. The van der Waals surface area contributed by atoms with Gasteiger partial charge in [-0.05, 0) is 24.1 Å². The summed E-state index contributed by atoms with van der Waals surface area (Å²) in [5.41, 5.74) is 1.65. The van der Waals surface area contributed by atoms with Crippen LogP contribution in [0.4, 0.5) is 0 Å². The summed E-state index contributed by atoms with van der Waals surface area (Å²) in [4.78, 5) is 16.8. The Morgan fingerprint density at radius 3 is 2.89 bits per heavy atom. The third-order valence-electron chi connectivity index (χ3n) is 2.85. The molecule has 0 saturated carbocycles. The number of hydrogen-bond donors (Lipinski definition) is 0. The van der Waals surface area contributed by atoms with Gasteiger partial charge in [0.25, 0.3) is 0 Å². The van der Waals surface area contributed by atoms with Crippen molar-refractivity contribution in [2.75, 3.05) is 6.61 Å². The molecule has 0 radical (unpaired) electrons. The number of nitrogens with zero attached hydrogens (tertiary/aromatic N) is 1. The van der Waals surface area contributed by atoms with E-state index in [0.29, 0.717) is 18.1 Å². The third-order valence-corrected chi connectivity index (χ3v) is 3.10. The molecule has 1 atom stereocenters. The number of oxime groups is 1. The largest absolute Gasteiger partial charge is 0.463 e. The number of esters is 1. The van der Waals surface area contributed by atoms with E-state index in [4.69, 9.17) is 21.2 Å². The van der Waals surface area contributed by atoms with E-state index >= 15 is 0 Å². The van der Waals surface area contributed by atoms with Crippen LogP contribution in [-0.2, 0) is 14.4 Å². The topological polar surface area (TPSA) is 47.9 Å². The quantitative estimate of drug-likeness (QED) is 0.615. The molecule has 1 aliphatic heterocycles. The lowest BCUT2D eigenvalue weighted by Gasteiger charge is -2.07. The predicted molar refractivity (Wildman–Crippen MR) is 73.3 cm³/mol. The van der Waals surface area contributed by atoms with E-state index in [1.807, 2.05) is 19.1 Å². The van der Waals surface area contributed by atoms with Crippen molar-refractivity contribution in [1.82, 2.24) is 0 Å². The van der Waals surface area contributed by atoms with Crippen LogP contribution < -0.4 is 0 Å². The van der Waals surface area contributed by atoms with Crippen molar-refractivity contribution in [3.05, 3.63) is 34.9 Å². The number of carbonyl (C=O) groups is 1. The first-order valence-electron chi connectivity index (χ1n) is 6.36. The van der Waals surface area contributed by atoms with Gasteiger partial charge in [0.1, 0.15) is 0 Å². The number of hydrogen-bond acceptors (Lipinski definition) is 4. The molecule has 0 bridgehead atoms. The fourth-order valence-electron chi connectivity index (χ4n) is 1.73. The van der Waals surface area contributed by atoms with E-state index in [2.05, 4.69) is 5.16 Å². The third kappa shape index (κ3) is 3.70. The molecule has 1 aliphatic rings. The number of halogens is 1. The second kappa shape index (κ2) is 6.57. The highest BCUT2D eigenvalue weighted by atomic mass is 35.5. The normalized spacial score (nSPS) is 17.8. The van der Waals surface area contributed by atoms with Crippen LogP contribution >= 0.6 is 11.6 Å². The van der Waals surface area contributed by atoms with Gasteiger partial charge in [0.05, 0.1) is 12.3 Å². The molecule has 5 heteroatoms. The lowest BCUT2D eigenvalue weighted by Crippen LogP contribution is -2.24. The molecular weight excluding hydrogens is 266 g/mol. The zero-order chi connectivity index (χ0) is 13.7. The lowest BCUT2D eigenvalue weighted by atomic mass is 10.1. The van der Waals surface area contributed by atoms with Crippen LogP contribution in [-0.4, -0.2) is 24.4 Å². The number of rotatable bonds is 5. The van der Waals surface area contributed by atoms with Gasteiger partial charge in [0.15, 0.2) is 0 Å². The molecule has 0 aliphatic carbocycles. The van der Waals surface area contributed by atoms with E-state index in [1.165, 1.54) is 0 Å². The van der Waals surface area contributed by atoms with E-state index in [9.17, 15) is 4.79 Å². The highest BCUT2D eigenvalue weighted by Gasteiger charge is 2.30. The van der Waals surface area contributed by atoms with Crippen molar-refractivity contribution in [3.63, 3.8) is 0 Å². The molecule has 0 amide bonds. The first kappa shape index (κ1) is 13.9. The van der Waals surface area contributed by atoms with Gasteiger partial charge >= 0.3 is 5.97 Å². The van der Waals surface area contributed by atoms with Crippen molar-refractivity contribution in [2.45, 2.75) is 32.3 Å². The average molecular weight is 282 g/mol. The van der Waals surface area contributed by atoms with Gasteiger partial charge in [0.2, 0.25) is 6.10 Å². The summed E-state index contributed by atoms with van der Waals surface area (Å²) >= 11 is 5.82. The van der Waals surface area contributed by atoms with Gasteiger partial charge in [-0.25, -0.2) is 4.79 Å². The first-order valence-corrected chi connectivity index (χ1v) is 6.73. The number of carbonyl (C=O) groups excluding carboxylic acids is 1. The van der Waals surface area contributed by atoms with Crippen LogP contribution in [0, 0.1) is 0 Å². The molecule has 1 heterocycles. The minimum absolute atomic E-state index is 0.346. The Morgan fingerprint density at radius 2 is 2.21 bits per heavy atom. The van der Waals surface area contributed by atoms with Gasteiger partial charge < -0.3 is 9.57 Å². The Bertz CT molecular complexity index is 470. The number of benzene rings is 1. The fourth-order valence-corrected chi connectivity index (χ4v) is 1.85. The molecular formula is C14H16ClNO3. The van der Waals surface area contributed by atoms with Gasteiger partial charge in [0, 0.05) is 11.4 Å². The van der Waals surface area contributed by atoms with Gasteiger partial charge in [-0.2, -0.15) is 0 Å². The van der Waals surface area contributed by atoms with E-state index in [0.717, 1.165) is 24.1 Å². The molecule has 0 N–H and O–H groups in total. The van der Waals surface area contributed by atoms with Crippen LogP contribution in [0.1, 0.15) is 31.7 Å². The molecule has 4 nitrogen and oxygen atoms in total. The molecule has 1 aromatic rings. The van der Waals surface area contributed by atoms with Gasteiger partial charge in [-0.1, -0.05) is 42.2 Å². The Kier molecular flexibility index (Phi) is 4.80. The summed E-state index contributed by atoms with van der Waals surface area (Å²) in [7, 11) is 0. The summed E-state index contributed by atoms with van der Waals surface area (Å²) in [5.74, 6) is -0.346. The van der Waals surface area contributed by atoms with Crippen molar-refractivity contribution in [2.24, 2.45) is 5.16 Å². The molecule has 0 fully saturated rings. The minimum Gasteiger partial charge on any atom is -0.463 e. The van der Waals surface area contributed by atoms with E-state index in [1.54, 1.807) is 12.1 Å². The maximum Gasteiger partial charge on any atom is 0.350 e. The zero-order valence-corrected chi connectivity index (χ0v) is 11.5. The lowest BCUT2D eigenvalue weighted by molar-refractivity contribution is -0.155. The predicted octanol–water partition coefficient (Wildman–Crippen LogP) is 3.18. The molecule has 0 spiro atoms. The van der Waals surface area contributed by atoms with Crippen LogP contribution in [0.15, 0.2) is 29.4 Å². The molecule has 19 heavy (non-hydrogen) atoms.